The largest absolute Gasteiger partial charge is 0.398 e. The van der Waals surface area contributed by atoms with Crippen LogP contribution in [0.5, 0.6) is 0 Å². The molecule has 5 nitrogen and oxygen atoms in total. The lowest BCUT2D eigenvalue weighted by atomic mass is 10.2. The van der Waals surface area contributed by atoms with Crippen molar-refractivity contribution in [2.24, 2.45) is 5.92 Å². The molecule has 0 saturated heterocycles. The van der Waals surface area contributed by atoms with E-state index in [4.69, 9.17) is 10.5 Å². The van der Waals surface area contributed by atoms with Crippen LogP contribution in [0.4, 0.5) is 5.69 Å². The first-order valence-electron chi connectivity index (χ1n) is 5.40. The molecule has 0 aromatic heterocycles. The Bertz CT molecular complexity index is 505. The van der Waals surface area contributed by atoms with Gasteiger partial charge in [0.2, 0.25) is 10.0 Å². The minimum absolute atomic E-state index is 0.109. The average Bonchev–Trinajstić information content (AvgIpc) is 2.30. The second-order valence-corrected chi connectivity index (χ2v) is 6.72. The highest BCUT2D eigenvalue weighted by Gasteiger charge is 2.16. The molecule has 1 rings (SSSR count). The summed E-state index contributed by atoms with van der Waals surface area (Å²) in [6.07, 6.45) is 0. The highest BCUT2D eigenvalue weighted by atomic mass is 79.9. The number of benzene rings is 1. The summed E-state index contributed by atoms with van der Waals surface area (Å²) < 4.78 is 32.1. The van der Waals surface area contributed by atoms with Crippen molar-refractivity contribution in [3.63, 3.8) is 0 Å². The van der Waals surface area contributed by atoms with Crippen molar-refractivity contribution in [3.05, 3.63) is 22.7 Å². The van der Waals surface area contributed by atoms with Gasteiger partial charge in [-0.3, -0.25) is 0 Å². The number of halogens is 1. The number of anilines is 1. The van der Waals surface area contributed by atoms with Crippen LogP contribution in [-0.2, 0) is 14.8 Å². The van der Waals surface area contributed by atoms with E-state index in [1.165, 1.54) is 12.1 Å². The highest BCUT2D eigenvalue weighted by Crippen LogP contribution is 2.22. The summed E-state index contributed by atoms with van der Waals surface area (Å²) in [5.74, 6) is 0.109. The van der Waals surface area contributed by atoms with Crippen LogP contribution in [0, 0.1) is 5.92 Å². The summed E-state index contributed by atoms with van der Waals surface area (Å²) in [7, 11) is -1.94. The summed E-state index contributed by atoms with van der Waals surface area (Å²) in [6.45, 7) is 2.74. The van der Waals surface area contributed by atoms with Gasteiger partial charge in [-0.15, -0.1) is 0 Å². The van der Waals surface area contributed by atoms with Crippen molar-refractivity contribution >= 4 is 31.6 Å². The summed E-state index contributed by atoms with van der Waals surface area (Å²) in [5.41, 5.74) is 6.05. The fourth-order valence-corrected chi connectivity index (χ4v) is 2.81. The van der Waals surface area contributed by atoms with Gasteiger partial charge in [-0.2, -0.15) is 0 Å². The maximum absolute atomic E-state index is 12.0. The lowest BCUT2D eigenvalue weighted by molar-refractivity contribution is 0.161. The third kappa shape index (κ3) is 4.24. The molecule has 0 fully saturated rings. The number of hydrogen-bond acceptors (Lipinski definition) is 4. The van der Waals surface area contributed by atoms with Gasteiger partial charge in [-0.25, -0.2) is 13.1 Å². The summed E-state index contributed by atoms with van der Waals surface area (Å²) in [5, 5.41) is 0. The van der Waals surface area contributed by atoms with Crippen molar-refractivity contribution < 1.29 is 13.2 Å². The maximum Gasteiger partial charge on any atom is 0.240 e. The molecule has 102 valence electrons. The van der Waals surface area contributed by atoms with Gasteiger partial charge in [-0.1, -0.05) is 6.92 Å². The van der Waals surface area contributed by atoms with E-state index >= 15 is 0 Å². The van der Waals surface area contributed by atoms with Crippen molar-refractivity contribution in [2.75, 3.05) is 26.0 Å². The molecule has 18 heavy (non-hydrogen) atoms. The Morgan fingerprint density at radius 2 is 2.17 bits per heavy atom. The molecule has 0 radical (unpaired) electrons. The number of rotatable bonds is 6. The van der Waals surface area contributed by atoms with Crippen LogP contribution in [0.25, 0.3) is 0 Å². The predicted molar refractivity (Wildman–Crippen MR) is 74.8 cm³/mol. The van der Waals surface area contributed by atoms with Crippen LogP contribution in [0.1, 0.15) is 6.92 Å². The molecule has 0 spiro atoms. The van der Waals surface area contributed by atoms with Crippen LogP contribution < -0.4 is 10.5 Å². The topological polar surface area (TPSA) is 81.4 Å². The first-order chi connectivity index (χ1) is 8.36. The Morgan fingerprint density at radius 3 is 2.72 bits per heavy atom. The van der Waals surface area contributed by atoms with Gasteiger partial charge >= 0.3 is 0 Å². The Hall–Kier alpha value is -0.630. The molecule has 0 aliphatic heterocycles. The smallest absolute Gasteiger partial charge is 0.240 e. The average molecular weight is 337 g/mol. The molecular formula is C11H17BrN2O3S. The molecule has 1 aromatic rings. The van der Waals surface area contributed by atoms with Gasteiger partial charge in [-0.05, 0) is 40.0 Å². The lowest BCUT2D eigenvalue weighted by Gasteiger charge is -2.12. The molecule has 0 aliphatic rings. The molecule has 0 bridgehead atoms. The van der Waals surface area contributed by atoms with Gasteiger partial charge in [0.25, 0.3) is 0 Å². The van der Waals surface area contributed by atoms with Gasteiger partial charge < -0.3 is 10.5 Å². The standard InChI is InChI=1S/C11H17BrN2O3S/c1-8(7-17-2)6-14-18(15,16)9-3-4-10(12)11(13)5-9/h3-5,8,14H,6-7,13H2,1-2H3. The zero-order valence-electron chi connectivity index (χ0n) is 10.3. The third-order valence-corrected chi connectivity index (χ3v) is 4.49. The van der Waals surface area contributed by atoms with Crippen LogP contribution in [0.3, 0.4) is 0 Å². The number of nitrogen functional groups attached to an aromatic ring is 1. The van der Waals surface area contributed by atoms with Crippen LogP contribution >= 0.6 is 15.9 Å². The SMILES string of the molecule is COCC(C)CNS(=O)(=O)c1ccc(Br)c(N)c1. The van der Waals surface area contributed by atoms with Crippen molar-refractivity contribution in [3.8, 4) is 0 Å². The fourth-order valence-electron chi connectivity index (χ4n) is 1.37. The number of methoxy groups -OCH3 is 1. The van der Waals surface area contributed by atoms with E-state index in [0.717, 1.165) is 0 Å². The number of ether oxygens (including phenoxy) is 1. The van der Waals surface area contributed by atoms with Gasteiger partial charge in [0, 0.05) is 30.4 Å². The van der Waals surface area contributed by atoms with Crippen LogP contribution in [-0.4, -0.2) is 28.7 Å². The van der Waals surface area contributed by atoms with Crippen molar-refractivity contribution in [1.29, 1.82) is 0 Å². The zero-order valence-corrected chi connectivity index (χ0v) is 12.7. The molecule has 7 heteroatoms. The van der Waals surface area contributed by atoms with E-state index in [-0.39, 0.29) is 10.8 Å². The molecule has 1 atom stereocenters. The second kappa shape index (κ2) is 6.51. The minimum Gasteiger partial charge on any atom is -0.398 e. The molecule has 0 amide bonds. The molecule has 0 heterocycles. The highest BCUT2D eigenvalue weighted by molar-refractivity contribution is 9.10. The minimum atomic E-state index is -3.52. The Morgan fingerprint density at radius 1 is 1.50 bits per heavy atom. The van der Waals surface area contributed by atoms with Crippen molar-refractivity contribution in [2.45, 2.75) is 11.8 Å². The van der Waals surface area contributed by atoms with E-state index in [0.29, 0.717) is 23.3 Å². The molecule has 0 saturated carbocycles. The third-order valence-electron chi connectivity index (χ3n) is 2.35. The Labute approximate surface area is 116 Å². The summed E-state index contributed by atoms with van der Waals surface area (Å²) in [4.78, 5) is 0.160. The maximum atomic E-state index is 12.0. The van der Waals surface area contributed by atoms with E-state index < -0.39 is 10.0 Å². The van der Waals surface area contributed by atoms with Gasteiger partial charge in [0.1, 0.15) is 0 Å². The van der Waals surface area contributed by atoms with Crippen LogP contribution in [0.15, 0.2) is 27.6 Å². The quantitative estimate of drug-likeness (QED) is 0.773. The number of nitrogens with one attached hydrogen (secondary N) is 1. The number of sulfonamides is 1. The molecular weight excluding hydrogens is 320 g/mol. The number of hydrogen-bond donors (Lipinski definition) is 2. The van der Waals surface area contributed by atoms with Gasteiger partial charge in [0.15, 0.2) is 0 Å². The summed E-state index contributed by atoms with van der Waals surface area (Å²) >= 11 is 3.22. The second-order valence-electron chi connectivity index (χ2n) is 4.10. The Balaban J connectivity index is 2.77. The molecule has 1 unspecified atom stereocenters. The van der Waals surface area contributed by atoms with Gasteiger partial charge in [0.05, 0.1) is 4.90 Å². The van der Waals surface area contributed by atoms with E-state index in [1.54, 1.807) is 13.2 Å². The lowest BCUT2D eigenvalue weighted by Crippen LogP contribution is -2.30. The fraction of sp³-hybridized carbons (Fsp3) is 0.455. The Kier molecular flexibility index (Phi) is 5.58. The first-order valence-corrected chi connectivity index (χ1v) is 7.68. The first kappa shape index (κ1) is 15.4. The van der Waals surface area contributed by atoms with E-state index in [1.807, 2.05) is 6.92 Å². The molecule has 1 aromatic carbocycles. The number of nitrogens with two attached hydrogens (primary N) is 1. The molecule has 0 aliphatic carbocycles. The molecule has 3 N–H and O–H groups in total. The monoisotopic (exact) mass is 336 g/mol. The van der Waals surface area contributed by atoms with Crippen molar-refractivity contribution in [1.82, 2.24) is 4.72 Å². The predicted octanol–water partition coefficient (Wildman–Crippen LogP) is 1.59. The van der Waals surface area contributed by atoms with Crippen LogP contribution in [0.2, 0.25) is 0 Å². The van der Waals surface area contributed by atoms with E-state index in [9.17, 15) is 8.42 Å². The summed E-state index contributed by atoms with van der Waals surface area (Å²) in [6, 6.07) is 4.54. The zero-order chi connectivity index (χ0) is 13.8. The van der Waals surface area contributed by atoms with E-state index in [2.05, 4.69) is 20.7 Å². The normalized spacial score (nSPS) is 13.5.